The van der Waals surface area contributed by atoms with Crippen molar-refractivity contribution < 1.29 is 15.0 Å². The van der Waals surface area contributed by atoms with Gasteiger partial charge in [0.05, 0.1) is 12.2 Å². The van der Waals surface area contributed by atoms with Gasteiger partial charge in [-0.2, -0.15) is 0 Å². The van der Waals surface area contributed by atoms with Crippen molar-refractivity contribution in [3.05, 3.63) is 24.3 Å². The summed E-state index contributed by atoms with van der Waals surface area (Å²) in [5.74, 6) is 2.06. The third kappa shape index (κ3) is 8.49. The molecule has 0 spiro atoms. The molecule has 0 aliphatic heterocycles. The molecule has 31 heavy (non-hydrogen) atoms. The first-order valence-electron chi connectivity index (χ1n) is 12.4. The van der Waals surface area contributed by atoms with E-state index in [1.165, 1.54) is 0 Å². The topological polar surface area (TPSA) is 95.3 Å². The molecule has 6 nitrogen and oxygen atoms in total. The summed E-state index contributed by atoms with van der Waals surface area (Å²) >= 11 is 0. The van der Waals surface area contributed by atoms with Gasteiger partial charge in [-0.15, -0.1) is 0 Å². The molecule has 0 saturated heterocycles. The summed E-state index contributed by atoms with van der Waals surface area (Å²) in [6.07, 6.45) is 15.4. The highest BCUT2D eigenvalue weighted by Gasteiger charge is 2.40. The molecule has 0 radical (unpaired) electrons. The number of amides is 1. The first kappa shape index (κ1) is 24.1. The molecule has 6 heteroatoms. The van der Waals surface area contributed by atoms with Crippen LogP contribution in [0.5, 0.6) is 0 Å². The Labute approximate surface area is 187 Å². The van der Waals surface area contributed by atoms with E-state index in [2.05, 4.69) is 22.2 Å². The maximum Gasteiger partial charge on any atom is 0.220 e. The number of aliphatic hydroxyl groups excluding tert-OH is 2. The Balaban J connectivity index is 1.30. The Kier molecular flexibility index (Phi) is 9.72. The van der Waals surface area contributed by atoms with Crippen molar-refractivity contribution in [3.63, 3.8) is 0 Å². The van der Waals surface area contributed by atoms with E-state index in [0.717, 1.165) is 76.5 Å². The molecule has 174 valence electrons. The van der Waals surface area contributed by atoms with Crippen LogP contribution in [-0.4, -0.2) is 44.3 Å². The summed E-state index contributed by atoms with van der Waals surface area (Å²) in [6, 6.07) is 2.29. The third-order valence-electron chi connectivity index (χ3n) is 7.13. The fraction of sp³-hybridized carbons (Fsp3) is 0.800. The Hall–Kier alpha value is -1.53. The van der Waals surface area contributed by atoms with Gasteiger partial charge in [0.1, 0.15) is 5.82 Å². The lowest BCUT2D eigenvalue weighted by atomic mass is 9.83. The number of aryl methyl sites for hydroxylation is 1. The molecule has 2 fully saturated rings. The van der Waals surface area contributed by atoms with E-state index in [0.29, 0.717) is 24.8 Å². The molecule has 3 N–H and O–H groups in total. The predicted octanol–water partition coefficient (Wildman–Crippen LogP) is 3.80. The second kappa shape index (κ2) is 12.5. The van der Waals surface area contributed by atoms with Gasteiger partial charge in [-0.25, -0.2) is 9.97 Å². The van der Waals surface area contributed by atoms with Gasteiger partial charge in [-0.3, -0.25) is 4.79 Å². The normalized spacial score (nSPS) is 26.7. The minimum atomic E-state index is -0.379. The molecular weight excluding hydrogens is 390 g/mol. The zero-order valence-corrected chi connectivity index (χ0v) is 19.1. The number of carbonyl (C=O) groups is 1. The number of nitrogens with zero attached hydrogens (tertiary/aromatic N) is 2. The van der Waals surface area contributed by atoms with Gasteiger partial charge in [0.15, 0.2) is 0 Å². The summed E-state index contributed by atoms with van der Waals surface area (Å²) in [6.45, 7) is 2.26. The number of rotatable bonds is 14. The summed E-state index contributed by atoms with van der Waals surface area (Å²) in [4.78, 5) is 20.3. The second-order valence-electron chi connectivity index (χ2n) is 9.88. The fourth-order valence-corrected chi connectivity index (χ4v) is 4.98. The SMILES string of the molecule is C[C@@H](CCc1ncccn1)CC[C@@H]1[C@@H](CCCCCCC(=O)NC2CC2)[C@@H](O)C[C@H]1O. The first-order valence-corrected chi connectivity index (χ1v) is 12.4. The Bertz CT molecular complexity index is 653. The van der Waals surface area contributed by atoms with Crippen molar-refractivity contribution in [2.45, 2.75) is 109 Å². The predicted molar refractivity (Wildman–Crippen MR) is 121 cm³/mol. The monoisotopic (exact) mass is 431 g/mol. The van der Waals surface area contributed by atoms with Gasteiger partial charge >= 0.3 is 0 Å². The van der Waals surface area contributed by atoms with Gasteiger partial charge in [-0.05, 0) is 68.8 Å². The van der Waals surface area contributed by atoms with E-state index in [9.17, 15) is 15.0 Å². The van der Waals surface area contributed by atoms with E-state index < -0.39 is 0 Å². The van der Waals surface area contributed by atoms with Gasteiger partial charge in [-0.1, -0.05) is 32.6 Å². The molecule has 1 heterocycles. The zero-order valence-electron chi connectivity index (χ0n) is 19.1. The van der Waals surface area contributed by atoms with Crippen molar-refractivity contribution in [3.8, 4) is 0 Å². The fourth-order valence-electron chi connectivity index (χ4n) is 4.98. The highest BCUT2D eigenvalue weighted by atomic mass is 16.3. The van der Waals surface area contributed by atoms with Gasteiger partial charge in [0.2, 0.25) is 5.91 Å². The summed E-state index contributed by atoms with van der Waals surface area (Å²) in [5, 5.41) is 24.0. The Morgan fingerprint density at radius 3 is 2.42 bits per heavy atom. The van der Waals surface area contributed by atoms with Crippen molar-refractivity contribution in [1.82, 2.24) is 15.3 Å². The van der Waals surface area contributed by atoms with Crippen LogP contribution in [-0.2, 0) is 11.2 Å². The van der Waals surface area contributed by atoms with E-state index >= 15 is 0 Å². The molecule has 2 aliphatic carbocycles. The van der Waals surface area contributed by atoms with Crippen LogP contribution < -0.4 is 5.32 Å². The molecule has 2 saturated carbocycles. The lowest BCUT2D eigenvalue weighted by Crippen LogP contribution is -2.24. The van der Waals surface area contributed by atoms with Crippen LogP contribution in [0.3, 0.4) is 0 Å². The maximum absolute atomic E-state index is 11.7. The number of hydrogen-bond donors (Lipinski definition) is 3. The molecule has 1 amide bonds. The molecule has 2 aliphatic rings. The molecule has 0 unspecified atom stereocenters. The van der Waals surface area contributed by atoms with Crippen molar-refractivity contribution in [1.29, 1.82) is 0 Å². The third-order valence-corrected chi connectivity index (χ3v) is 7.13. The largest absolute Gasteiger partial charge is 0.393 e. The lowest BCUT2D eigenvalue weighted by molar-refractivity contribution is -0.121. The smallest absolute Gasteiger partial charge is 0.220 e. The van der Waals surface area contributed by atoms with E-state index in [4.69, 9.17) is 0 Å². The summed E-state index contributed by atoms with van der Waals surface area (Å²) in [7, 11) is 0. The van der Waals surface area contributed by atoms with Crippen LogP contribution in [0.2, 0.25) is 0 Å². The second-order valence-corrected chi connectivity index (χ2v) is 9.88. The van der Waals surface area contributed by atoms with Crippen LogP contribution in [0, 0.1) is 17.8 Å². The molecule has 0 bridgehead atoms. The average Bonchev–Trinajstić information content (AvgIpc) is 3.52. The maximum atomic E-state index is 11.7. The highest BCUT2D eigenvalue weighted by Crippen LogP contribution is 2.39. The number of nitrogens with one attached hydrogen (secondary N) is 1. The Morgan fingerprint density at radius 2 is 1.71 bits per heavy atom. The van der Waals surface area contributed by atoms with Crippen LogP contribution in [0.15, 0.2) is 18.5 Å². The zero-order chi connectivity index (χ0) is 22.1. The minimum Gasteiger partial charge on any atom is -0.393 e. The number of hydrogen-bond acceptors (Lipinski definition) is 5. The van der Waals surface area contributed by atoms with Crippen LogP contribution in [0.25, 0.3) is 0 Å². The van der Waals surface area contributed by atoms with Gasteiger partial charge in [0.25, 0.3) is 0 Å². The molecular formula is C25H41N3O3. The number of carbonyl (C=O) groups excluding carboxylic acids is 1. The first-order chi connectivity index (χ1) is 15.0. The van der Waals surface area contributed by atoms with Crippen molar-refractivity contribution >= 4 is 5.91 Å². The number of aliphatic hydroxyl groups is 2. The van der Waals surface area contributed by atoms with Crippen LogP contribution in [0.1, 0.15) is 89.8 Å². The molecule has 0 aromatic carbocycles. The molecule has 3 rings (SSSR count). The van der Waals surface area contributed by atoms with Crippen LogP contribution in [0.4, 0.5) is 0 Å². The average molecular weight is 432 g/mol. The summed E-state index contributed by atoms with van der Waals surface area (Å²) < 4.78 is 0. The highest BCUT2D eigenvalue weighted by molar-refractivity contribution is 5.76. The number of unbranched alkanes of at least 4 members (excludes halogenated alkanes) is 3. The van der Waals surface area contributed by atoms with Crippen molar-refractivity contribution in [2.24, 2.45) is 17.8 Å². The molecule has 1 aromatic heterocycles. The van der Waals surface area contributed by atoms with Gasteiger partial charge < -0.3 is 15.5 Å². The quantitative estimate of drug-likeness (QED) is 0.389. The van der Waals surface area contributed by atoms with E-state index in [-0.39, 0.29) is 30.0 Å². The van der Waals surface area contributed by atoms with Crippen LogP contribution >= 0.6 is 0 Å². The Morgan fingerprint density at radius 1 is 1.03 bits per heavy atom. The minimum absolute atomic E-state index is 0.199. The standard InChI is InChI=1S/C25H41N3O3/c1-18(10-14-24-26-15-6-16-27-24)9-13-21-20(22(29)17-23(21)30)7-4-2-3-5-8-25(31)28-19-11-12-19/h6,15-16,18-23,29-30H,2-5,7-14,17H2,1H3,(H,28,31)/t18-,20-,21-,22+,23-/m1/s1. The molecule has 5 atom stereocenters. The van der Waals surface area contributed by atoms with E-state index in [1.54, 1.807) is 12.4 Å². The summed E-state index contributed by atoms with van der Waals surface area (Å²) in [5.41, 5.74) is 0. The van der Waals surface area contributed by atoms with Crippen molar-refractivity contribution in [2.75, 3.05) is 0 Å². The van der Waals surface area contributed by atoms with E-state index in [1.807, 2.05) is 6.07 Å². The number of aromatic nitrogens is 2. The molecule has 1 aromatic rings. The van der Waals surface area contributed by atoms with Gasteiger partial charge in [0, 0.05) is 31.3 Å². The lowest BCUT2D eigenvalue weighted by Gasteiger charge is -2.25.